The van der Waals surface area contributed by atoms with Crippen LogP contribution >= 0.6 is 11.8 Å². The van der Waals surface area contributed by atoms with Crippen molar-refractivity contribution in [1.29, 1.82) is 0 Å². The monoisotopic (exact) mass is 491 g/mol. The number of anilines is 1. The maximum absolute atomic E-state index is 13.4. The molecule has 33 heavy (non-hydrogen) atoms. The number of nitrogens with one attached hydrogen (secondary N) is 1. The maximum Gasteiger partial charge on any atom is 0.275 e. The van der Waals surface area contributed by atoms with Crippen LogP contribution in [-0.4, -0.2) is 51.4 Å². The van der Waals surface area contributed by atoms with Gasteiger partial charge >= 0.3 is 0 Å². The van der Waals surface area contributed by atoms with E-state index in [1.807, 2.05) is 27.0 Å². The molecule has 0 unspecified atom stereocenters. The number of hydrogen-bond acceptors (Lipinski definition) is 6. The summed E-state index contributed by atoms with van der Waals surface area (Å²) < 4.78 is 40.9. The van der Waals surface area contributed by atoms with Crippen molar-refractivity contribution in [2.75, 3.05) is 23.1 Å². The summed E-state index contributed by atoms with van der Waals surface area (Å²) in [5, 5.41) is 8.14. The average molecular weight is 492 g/mol. The molecule has 0 radical (unpaired) electrons. The molecule has 0 aliphatic carbocycles. The van der Waals surface area contributed by atoms with Gasteiger partial charge in [0.2, 0.25) is 0 Å². The lowest BCUT2D eigenvalue weighted by molar-refractivity contribution is 0.101. The second-order valence-electron chi connectivity index (χ2n) is 9.06. The molecular formula is C22H26FN5O3S2. The standard InChI is InChI=1S/C22H26FN5O3S2/c1-22(2,3)18-11-19(28(26-18)16-9-10-33(30,31)13-16)25-20(29)17-12-24-21(32-4)27(17)15-7-5-14(23)6-8-15/h5-8,11-12,16H,9-10,13H2,1-4H3,(H,25,29)/t16-/m1/s1. The fourth-order valence-electron chi connectivity index (χ4n) is 3.76. The molecule has 176 valence electrons. The molecule has 3 heterocycles. The summed E-state index contributed by atoms with van der Waals surface area (Å²) in [7, 11) is -3.13. The molecule has 0 bridgehead atoms. The fourth-order valence-corrected chi connectivity index (χ4v) is 6.00. The van der Waals surface area contributed by atoms with Crippen LogP contribution in [0.4, 0.5) is 10.2 Å². The Morgan fingerprint density at radius 3 is 2.52 bits per heavy atom. The van der Waals surface area contributed by atoms with Crippen LogP contribution in [0.2, 0.25) is 0 Å². The Bertz CT molecular complexity index is 1290. The molecule has 11 heteroatoms. The third-order valence-electron chi connectivity index (χ3n) is 5.53. The van der Waals surface area contributed by atoms with E-state index in [1.54, 1.807) is 27.4 Å². The van der Waals surface area contributed by atoms with Gasteiger partial charge < -0.3 is 5.32 Å². The van der Waals surface area contributed by atoms with Crippen molar-refractivity contribution in [2.45, 2.75) is 43.8 Å². The van der Waals surface area contributed by atoms with E-state index >= 15 is 0 Å². The number of thioether (sulfide) groups is 1. The smallest absolute Gasteiger partial charge is 0.275 e. The number of benzene rings is 1. The minimum Gasteiger partial charge on any atom is -0.305 e. The first-order valence-electron chi connectivity index (χ1n) is 10.5. The third kappa shape index (κ3) is 4.84. The number of carbonyl (C=O) groups is 1. The quantitative estimate of drug-likeness (QED) is 0.545. The van der Waals surface area contributed by atoms with E-state index in [4.69, 9.17) is 0 Å². The molecule has 1 aliphatic heterocycles. The predicted octanol–water partition coefficient (Wildman–Crippen LogP) is 3.84. The fraction of sp³-hybridized carbons (Fsp3) is 0.409. The zero-order valence-electron chi connectivity index (χ0n) is 18.9. The molecular weight excluding hydrogens is 465 g/mol. The topological polar surface area (TPSA) is 98.9 Å². The largest absolute Gasteiger partial charge is 0.305 e. The van der Waals surface area contributed by atoms with Gasteiger partial charge in [0.25, 0.3) is 5.91 Å². The van der Waals surface area contributed by atoms with E-state index in [9.17, 15) is 17.6 Å². The molecule has 1 aliphatic rings. The van der Waals surface area contributed by atoms with Crippen molar-refractivity contribution in [2.24, 2.45) is 0 Å². The van der Waals surface area contributed by atoms with Crippen LogP contribution in [0.25, 0.3) is 5.69 Å². The first-order chi connectivity index (χ1) is 15.5. The van der Waals surface area contributed by atoms with Crippen LogP contribution in [0, 0.1) is 5.82 Å². The van der Waals surface area contributed by atoms with Crippen molar-refractivity contribution in [1.82, 2.24) is 19.3 Å². The number of hydrogen-bond donors (Lipinski definition) is 1. The molecule has 0 spiro atoms. The highest BCUT2D eigenvalue weighted by Crippen LogP contribution is 2.31. The molecule has 1 fully saturated rings. The SMILES string of the molecule is CSc1ncc(C(=O)Nc2cc(C(C)(C)C)nn2[C@@H]2CCS(=O)(=O)C2)n1-c1ccc(F)cc1. The number of aromatic nitrogens is 4. The highest BCUT2D eigenvalue weighted by molar-refractivity contribution is 7.98. The van der Waals surface area contributed by atoms with Crippen LogP contribution in [0.5, 0.6) is 0 Å². The minimum absolute atomic E-state index is 0.00866. The molecule has 1 saturated heterocycles. The van der Waals surface area contributed by atoms with Crippen LogP contribution in [0.15, 0.2) is 41.7 Å². The number of nitrogens with zero attached hydrogens (tertiary/aromatic N) is 4. The van der Waals surface area contributed by atoms with E-state index < -0.39 is 15.7 Å². The molecule has 2 aromatic heterocycles. The normalized spacial score (nSPS) is 17.9. The Kier molecular flexibility index (Phi) is 6.12. The lowest BCUT2D eigenvalue weighted by atomic mass is 9.92. The van der Waals surface area contributed by atoms with Crippen LogP contribution in [0.3, 0.4) is 0 Å². The molecule has 8 nitrogen and oxygen atoms in total. The summed E-state index contributed by atoms with van der Waals surface area (Å²) in [6.45, 7) is 6.01. The highest BCUT2D eigenvalue weighted by Gasteiger charge is 2.33. The van der Waals surface area contributed by atoms with Gasteiger partial charge in [-0.1, -0.05) is 32.5 Å². The maximum atomic E-state index is 13.4. The number of amides is 1. The Balaban J connectivity index is 1.71. The van der Waals surface area contributed by atoms with Gasteiger partial charge in [-0.3, -0.25) is 9.36 Å². The molecule has 3 aromatic rings. The van der Waals surface area contributed by atoms with Crippen molar-refractivity contribution >= 4 is 33.3 Å². The first kappa shape index (κ1) is 23.5. The molecule has 1 aromatic carbocycles. The van der Waals surface area contributed by atoms with Gasteiger partial charge in [0, 0.05) is 17.2 Å². The second kappa shape index (κ2) is 8.60. The molecule has 0 saturated carbocycles. The van der Waals surface area contributed by atoms with Crippen molar-refractivity contribution < 1.29 is 17.6 Å². The van der Waals surface area contributed by atoms with E-state index in [0.717, 1.165) is 5.69 Å². The lowest BCUT2D eigenvalue weighted by Gasteiger charge is -2.16. The summed E-state index contributed by atoms with van der Waals surface area (Å²) in [4.78, 5) is 17.7. The zero-order chi connectivity index (χ0) is 24.0. The minimum atomic E-state index is -3.13. The van der Waals surface area contributed by atoms with E-state index in [1.165, 1.54) is 30.1 Å². The zero-order valence-corrected chi connectivity index (χ0v) is 20.5. The summed E-state index contributed by atoms with van der Waals surface area (Å²) in [5.41, 5.74) is 1.34. The van der Waals surface area contributed by atoms with E-state index in [0.29, 0.717) is 23.1 Å². The summed E-state index contributed by atoms with van der Waals surface area (Å²) in [5.74, 6) is -0.269. The Hall–Kier alpha value is -2.66. The Morgan fingerprint density at radius 2 is 1.94 bits per heavy atom. The Labute approximate surface area is 196 Å². The van der Waals surface area contributed by atoms with Gasteiger partial charge in [0.05, 0.1) is 29.4 Å². The number of carbonyl (C=O) groups excluding carboxylic acids is 1. The van der Waals surface area contributed by atoms with Gasteiger partial charge in [-0.15, -0.1) is 0 Å². The second-order valence-corrected chi connectivity index (χ2v) is 12.1. The average Bonchev–Trinajstić information content (AvgIpc) is 3.44. The van der Waals surface area contributed by atoms with Crippen molar-refractivity contribution in [3.05, 3.63) is 53.7 Å². The van der Waals surface area contributed by atoms with Crippen molar-refractivity contribution in [3.8, 4) is 5.69 Å². The van der Waals surface area contributed by atoms with Crippen LogP contribution in [0.1, 0.15) is 49.4 Å². The van der Waals surface area contributed by atoms with Gasteiger partial charge in [-0.2, -0.15) is 5.10 Å². The van der Waals surface area contributed by atoms with E-state index in [2.05, 4.69) is 15.4 Å². The van der Waals surface area contributed by atoms with Crippen LogP contribution < -0.4 is 5.32 Å². The lowest BCUT2D eigenvalue weighted by Crippen LogP contribution is -2.21. The number of rotatable bonds is 5. The summed E-state index contributed by atoms with van der Waals surface area (Å²) in [6.07, 6.45) is 3.76. The molecule has 4 rings (SSSR count). The summed E-state index contributed by atoms with van der Waals surface area (Å²) >= 11 is 1.36. The number of halogens is 1. The Morgan fingerprint density at radius 1 is 1.24 bits per heavy atom. The van der Waals surface area contributed by atoms with Crippen LogP contribution in [-0.2, 0) is 15.3 Å². The van der Waals surface area contributed by atoms with E-state index in [-0.39, 0.29) is 34.5 Å². The van der Waals surface area contributed by atoms with Gasteiger partial charge in [0.1, 0.15) is 17.3 Å². The molecule has 1 N–H and O–H groups in total. The van der Waals surface area contributed by atoms with Crippen molar-refractivity contribution in [3.63, 3.8) is 0 Å². The highest BCUT2D eigenvalue weighted by atomic mass is 32.2. The third-order valence-corrected chi connectivity index (χ3v) is 7.93. The predicted molar refractivity (Wildman–Crippen MR) is 126 cm³/mol. The summed E-state index contributed by atoms with van der Waals surface area (Å²) in [6, 6.07) is 7.26. The van der Waals surface area contributed by atoms with Gasteiger partial charge in [0.15, 0.2) is 15.0 Å². The molecule has 1 atom stereocenters. The van der Waals surface area contributed by atoms with Gasteiger partial charge in [-0.05, 0) is 36.9 Å². The molecule has 1 amide bonds. The number of sulfone groups is 1. The number of imidazole rings is 1. The first-order valence-corrected chi connectivity index (χ1v) is 13.5. The van der Waals surface area contributed by atoms with Gasteiger partial charge in [-0.25, -0.2) is 22.5 Å².